The molecule has 0 radical (unpaired) electrons. The summed E-state index contributed by atoms with van der Waals surface area (Å²) in [5, 5.41) is 5.84. The van der Waals surface area contributed by atoms with E-state index in [9.17, 15) is 4.79 Å². The topological polar surface area (TPSA) is 54.0 Å². The Hall–Kier alpha value is -1.88. The minimum absolute atomic E-state index is 0.119. The largest absolute Gasteiger partial charge is 0.386 e. The Bertz CT molecular complexity index is 586. The minimum Gasteiger partial charge on any atom is -0.386 e. The molecule has 2 aromatic rings. The third-order valence-electron chi connectivity index (χ3n) is 2.68. The molecule has 0 saturated carbocycles. The highest BCUT2D eigenvalue weighted by Gasteiger charge is 2.09. The van der Waals surface area contributed by atoms with E-state index < -0.39 is 0 Å². The van der Waals surface area contributed by atoms with Crippen LogP contribution in [0, 0.1) is 0 Å². The summed E-state index contributed by atoms with van der Waals surface area (Å²) in [6, 6.07) is 9.54. The lowest BCUT2D eigenvalue weighted by Crippen LogP contribution is -2.23. The normalized spacial score (nSPS) is 10.0. The number of anilines is 1. The van der Waals surface area contributed by atoms with Gasteiger partial charge in [-0.2, -0.15) is 0 Å². The molecule has 0 spiro atoms. The molecule has 2 rings (SSSR count). The second-order valence-corrected chi connectivity index (χ2v) is 4.90. The van der Waals surface area contributed by atoms with Gasteiger partial charge in [0.25, 0.3) is 5.91 Å². The van der Waals surface area contributed by atoms with E-state index >= 15 is 0 Å². The van der Waals surface area contributed by atoms with Gasteiger partial charge in [0.2, 0.25) is 0 Å². The van der Waals surface area contributed by atoms with Crippen molar-refractivity contribution in [1.29, 1.82) is 0 Å². The van der Waals surface area contributed by atoms with Crippen molar-refractivity contribution in [2.45, 2.75) is 6.54 Å². The molecule has 2 N–H and O–H groups in total. The summed E-state index contributed by atoms with van der Waals surface area (Å²) in [6.07, 6.45) is 3.24. The van der Waals surface area contributed by atoms with E-state index in [1.54, 1.807) is 25.5 Å². The lowest BCUT2D eigenvalue weighted by atomic mass is 10.2. The van der Waals surface area contributed by atoms with Crippen LogP contribution in [0.1, 0.15) is 15.9 Å². The standard InChI is InChI=1S/C14H14BrN3O/c1-16-13-9-17-6-5-12(13)14(19)18-8-10-3-2-4-11(15)7-10/h2-7,9,16H,8H2,1H3,(H,18,19). The summed E-state index contributed by atoms with van der Waals surface area (Å²) < 4.78 is 0.999. The van der Waals surface area contributed by atoms with Crippen molar-refractivity contribution in [1.82, 2.24) is 10.3 Å². The summed E-state index contributed by atoms with van der Waals surface area (Å²) in [4.78, 5) is 16.1. The summed E-state index contributed by atoms with van der Waals surface area (Å²) in [5.74, 6) is -0.119. The fourth-order valence-corrected chi connectivity index (χ4v) is 2.16. The lowest BCUT2D eigenvalue weighted by Gasteiger charge is -2.09. The molecule has 98 valence electrons. The molecule has 0 aliphatic heterocycles. The monoisotopic (exact) mass is 319 g/mol. The third kappa shape index (κ3) is 3.54. The van der Waals surface area contributed by atoms with E-state index in [-0.39, 0.29) is 5.91 Å². The average Bonchev–Trinajstić information content (AvgIpc) is 2.45. The number of hydrogen-bond donors (Lipinski definition) is 2. The van der Waals surface area contributed by atoms with Gasteiger partial charge in [0.05, 0.1) is 17.4 Å². The van der Waals surface area contributed by atoms with Crippen molar-refractivity contribution in [3.05, 3.63) is 58.3 Å². The molecular weight excluding hydrogens is 306 g/mol. The Morgan fingerprint density at radius 1 is 1.37 bits per heavy atom. The maximum absolute atomic E-state index is 12.1. The second-order valence-electron chi connectivity index (χ2n) is 3.98. The van der Waals surface area contributed by atoms with Gasteiger partial charge in [-0.3, -0.25) is 9.78 Å². The van der Waals surface area contributed by atoms with Gasteiger partial charge in [0, 0.05) is 24.3 Å². The van der Waals surface area contributed by atoms with Crippen molar-refractivity contribution in [2.24, 2.45) is 0 Å². The lowest BCUT2D eigenvalue weighted by molar-refractivity contribution is 0.0951. The summed E-state index contributed by atoms with van der Waals surface area (Å²) in [7, 11) is 1.77. The number of benzene rings is 1. The number of amides is 1. The highest BCUT2D eigenvalue weighted by atomic mass is 79.9. The van der Waals surface area contributed by atoms with Gasteiger partial charge < -0.3 is 10.6 Å². The number of nitrogens with zero attached hydrogens (tertiary/aromatic N) is 1. The Morgan fingerprint density at radius 3 is 2.95 bits per heavy atom. The molecule has 1 aromatic carbocycles. The average molecular weight is 320 g/mol. The number of rotatable bonds is 4. The number of carbonyl (C=O) groups excluding carboxylic acids is 1. The molecule has 0 fully saturated rings. The number of hydrogen-bond acceptors (Lipinski definition) is 3. The molecule has 4 nitrogen and oxygen atoms in total. The van der Waals surface area contributed by atoms with Gasteiger partial charge in [-0.25, -0.2) is 0 Å². The maximum Gasteiger partial charge on any atom is 0.253 e. The van der Waals surface area contributed by atoms with Gasteiger partial charge in [-0.1, -0.05) is 28.1 Å². The van der Waals surface area contributed by atoms with Crippen molar-refractivity contribution >= 4 is 27.5 Å². The second kappa shape index (κ2) is 6.33. The number of aromatic nitrogens is 1. The Balaban J connectivity index is 2.05. The molecule has 0 bridgehead atoms. The molecule has 0 aliphatic carbocycles. The predicted octanol–water partition coefficient (Wildman–Crippen LogP) is 2.82. The third-order valence-corrected chi connectivity index (χ3v) is 3.17. The van der Waals surface area contributed by atoms with Gasteiger partial charge in [0.1, 0.15) is 0 Å². The number of halogens is 1. The first-order valence-corrected chi connectivity index (χ1v) is 6.64. The van der Waals surface area contributed by atoms with Crippen LogP contribution in [0.5, 0.6) is 0 Å². The van der Waals surface area contributed by atoms with Crippen LogP contribution in [-0.4, -0.2) is 17.9 Å². The minimum atomic E-state index is -0.119. The van der Waals surface area contributed by atoms with E-state index in [1.807, 2.05) is 24.3 Å². The molecule has 0 atom stereocenters. The Labute approximate surface area is 120 Å². The van der Waals surface area contributed by atoms with Crippen LogP contribution in [0.25, 0.3) is 0 Å². The SMILES string of the molecule is CNc1cnccc1C(=O)NCc1cccc(Br)c1. The molecular formula is C14H14BrN3O. The molecule has 1 amide bonds. The highest BCUT2D eigenvalue weighted by Crippen LogP contribution is 2.14. The molecule has 19 heavy (non-hydrogen) atoms. The van der Waals surface area contributed by atoms with E-state index in [4.69, 9.17) is 0 Å². The quantitative estimate of drug-likeness (QED) is 0.911. The fourth-order valence-electron chi connectivity index (χ4n) is 1.72. The van der Waals surface area contributed by atoms with Crippen molar-refractivity contribution in [2.75, 3.05) is 12.4 Å². The summed E-state index contributed by atoms with van der Waals surface area (Å²) in [5.41, 5.74) is 2.35. The van der Waals surface area contributed by atoms with Crippen LogP contribution in [0.15, 0.2) is 47.2 Å². The molecule has 5 heteroatoms. The first kappa shape index (κ1) is 13.5. The zero-order valence-electron chi connectivity index (χ0n) is 10.5. The van der Waals surface area contributed by atoms with Crippen molar-refractivity contribution in [3.63, 3.8) is 0 Å². The fraction of sp³-hybridized carbons (Fsp3) is 0.143. The summed E-state index contributed by atoms with van der Waals surface area (Å²) in [6.45, 7) is 0.490. The van der Waals surface area contributed by atoms with Crippen LogP contribution < -0.4 is 10.6 Å². The number of nitrogens with one attached hydrogen (secondary N) is 2. The zero-order valence-corrected chi connectivity index (χ0v) is 12.1. The Kier molecular flexibility index (Phi) is 4.52. The zero-order chi connectivity index (χ0) is 13.7. The molecule has 0 unspecified atom stereocenters. The molecule has 1 aromatic heterocycles. The van der Waals surface area contributed by atoms with Crippen LogP contribution in [0.2, 0.25) is 0 Å². The maximum atomic E-state index is 12.1. The van der Waals surface area contributed by atoms with E-state index in [1.165, 1.54) is 0 Å². The first-order valence-electron chi connectivity index (χ1n) is 5.85. The smallest absolute Gasteiger partial charge is 0.253 e. The Morgan fingerprint density at radius 2 is 2.21 bits per heavy atom. The van der Waals surface area contributed by atoms with E-state index in [0.717, 1.165) is 10.0 Å². The number of carbonyl (C=O) groups is 1. The van der Waals surface area contributed by atoms with Crippen LogP contribution in [0.3, 0.4) is 0 Å². The predicted molar refractivity (Wildman–Crippen MR) is 79.1 cm³/mol. The number of pyridine rings is 1. The van der Waals surface area contributed by atoms with Crippen LogP contribution in [-0.2, 0) is 6.54 Å². The molecule has 0 saturated heterocycles. The molecule has 0 aliphatic rings. The van der Waals surface area contributed by atoms with Gasteiger partial charge in [-0.15, -0.1) is 0 Å². The molecule has 1 heterocycles. The van der Waals surface area contributed by atoms with Gasteiger partial charge in [-0.05, 0) is 23.8 Å². The summed E-state index contributed by atoms with van der Waals surface area (Å²) >= 11 is 3.41. The van der Waals surface area contributed by atoms with Crippen molar-refractivity contribution in [3.8, 4) is 0 Å². The van der Waals surface area contributed by atoms with Gasteiger partial charge >= 0.3 is 0 Å². The van der Waals surface area contributed by atoms with E-state index in [0.29, 0.717) is 17.8 Å². The first-order chi connectivity index (χ1) is 9.20. The highest BCUT2D eigenvalue weighted by molar-refractivity contribution is 9.10. The van der Waals surface area contributed by atoms with Crippen LogP contribution >= 0.6 is 15.9 Å². The van der Waals surface area contributed by atoms with Crippen molar-refractivity contribution < 1.29 is 4.79 Å². The van der Waals surface area contributed by atoms with E-state index in [2.05, 4.69) is 31.5 Å². The van der Waals surface area contributed by atoms with Crippen LogP contribution in [0.4, 0.5) is 5.69 Å². The van der Waals surface area contributed by atoms with Gasteiger partial charge in [0.15, 0.2) is 0 Å².